The van der Waals surface area contributed by atoms with Crippen molar-refractivity contribution < 1.29 is 14.3 Å². The van der Waals surface area contributed by atoms with Crippen LogP contribution in [0, 0.1) is 6.92 Å². The van der Waals surface area contributed by atoms with Gasteiger partial charge in [-0.25, -0.2) is 4.98 Å². The molecule has 0 radical (unpaired) electrons. The predicted molar refractivity (Wildman–Crippen MR) is 153 cm³/mol. The van der Waals surface area contributed by atoms with E-state index in [4.69, 9.17) is 26.1 Å². The summed E-state index contributed by atoms with van der Waals surface area (Å²) in [5.41, 5.74) is 3.41. The molecule has 0 spiro atoms. The molecule has 0 aliphatic heterocycles. The summed E-state index contributed by atoms with van der Waals surface area (Å²) in [6.07, 6.45) is 5.90. The van der Waals surface area contributed by atoms with Gasteiger partial charge in [-0.1, -0.05) is 48.4 Å². The van der Waals surface area contributed by atoms with Gasteiger partial charge in [0.15, 0.2) is 6.61 Å². The molecule has 0 saturated carbocycles. The van der Waals surface area contributed by atoms with E-state index in [1.165, 1.54) is 11.1 Å². The molecule has 4 rings (SSSR count). The lowest BCUT2D eigenvalue weighted by molar-refractivity contribution is -0.123. The van der Waals surface area contributed by atoms with Crippen molar-refractivity contribution in [2.45, 2.75) is 52.0 Å². The predicted octanol–water partition coefficient (Wildman–Crippen LogP) is 6.77. The Kier molecular flexibility index (Phi) is 10.5. The monoisotopic (exact) mass is 533 g/mol. The molecule has 7 heteroatoms. The zero-order valence-corrected chi connectivity index (χ0v) is 22.8. The lowest BCUT2D eigenvalue weighted by Gasteiger charge is -2.11. The van der Waals surface area contributed by atoms with E-state index in [1.807, 2.05) is 24.3 Å². The van der Waals surface area contributed by atoms with Crippen LogP contribution in [-0.2, 0) is 17.8 Å². The van der Waals surface area contributed by atoms with Crippen LogP contribution >= 0.6 is 11.6 Å². The fourth-order valence-corrected chi connectivity index (χ4v) is 4.51. The summed E-state index contributed by atoms with van der Waals surface area (Å²) in [5.74, 6) is 2.61. The number of ether oxygens (including phenoxy) is 2. The van der Waals surface area contributed by atoms with Gasteiger partial charge in [0.1, 0.15) is 17.3 Å². The van der Waals surface area contributed by atoms with Gasteiger partial charge < -0.3 is 19.4 Å². The van der Waals surface area contributed by atoms with Crippen LogP contribution in [0.3, 0.4) is 0 Å². The molecule has 0 atom stereocenters. The number of imidazole rings is 1. The smallest absolute Gasteiger partial charge is 0.257 e. The maximum atomic E-state index is 12.0. The second-order valence-electron chi connectivity index (χ2n) is 9.39. The van der Waals surface area contributed by atoms with E-state index >= 15 is 0 Å². The number of hydrogen-bond donors (Lipinski definition) is 1. The molecule has 1 heterocycles. The minimum absolute atomic E-state index is 0.00164. The van der Waals surface area contributed by atoms with Crippen molar-refractivity contribution in [3.05, 3.63) is 89.2 Å². The van der Waals surface area contributed by atoms with Gasteiger partial charge in [0.2, 0.25) is 0 Å². The number of carbonyl (C=O) groups is 1. The average molecular weight is 534 g/mol. The highest BCUT2D eigenvalue weighted by Gasteiger charge is 2.10. The van der Waals surface area contributed by atoms with Gasteiger partial charge in [-0.2, -0.15) is 0 Å². The number of para-hydroxylation sites is 3. The summed E-state index contributed by atoms with van der Waals surface area (Å²) in [4.78, 5) is 17.0. The molecular formula is C31H36ClN3O3. The minimum atomic E-state index is -0.117. The molecule has 1 amide bonds. The van der Waals surface area contributed by atoms with Gasteiger partial charge in [0, 0.05) is 24.5 Å². The van der Waals surface area contributed by atoms with E-state index in [0.717, 1.165) is 62.2 Å². The molecule has 0 aliphatic carbocycles. The van der Waals surface area contributed by atoms with E-state index in [1.54, 1.807) is 24.3 Å². The molecule has 0 unspecified atom stereocenters. The molecule has 38 heavy (non-hydrogen) atoms. The van der Waals surface area contributed by atoms with Gasteiger partial charge >= 0.3 is 0 Å². The molecule has 1 N–H and O–H groups in total. The Hall–Kier alpha value is -3.51. The van der Waals surface area contributed by atoms with Crippen LogP contribution < -0.4 is 14.8 Å². The van der Waals surface area contributed by atoms with E-state index in [9.17, 15) is 4.79 Å². The molecule has 6 nitrogen and oxygen atoms in total. The fraction of sp³-hybridized carbons (Fsp3) is 0.355. The molecule has 3 aromatic carbocycles. The number of hydrogen-bond acceptors (Lipinski definition) is 4. The van der Waals surface area contributed by atoms with Gasteiger partial charge in [-0.3, -0.25) is 4.79 Å². The van der Waals surface area contributed by atoms with Crippen LogP contribution in [0.4, 0.5) is 0 Å². The lowest BCUT2D eigenvalue weighted by atomic mass is 10.2. The number of amides is 1. The first-order valence-corrected chi connectivity index (χ1v) is 13.8. The number of unbranched alkanes of at least 4 members (excludes halogenated alkanes) is 3. The number of fused-ring (bicyclic) bond motifs is 1. The SMILES string of the molecule is Cc1ccccc1OCCCCn1c(CCCCCNC(=O)COc2ccc(Cl)cc2)nc2ccccc21. The molecule has 200 valence electrons. The van der Waals surface area contributed by atoms with E-state index in [0.29, 0.717) is 23.9 Å². The van der Waals surface area contributed by atoms with Crippen LogP contribution in [0.2, 0.25) is 5.02 Å². The third-order valence-electron chi connectivity index (χ3n) is 6.44. The molecular weight excluding hydrogens is 498 g/mol. The van der Waals surface area contributed by atoms with E-state index in [-0.39, 0.29) is 12.5 Å². The summed E-state index contributed by atoms with van der Waals surface area (Å²) in [5, 5.41) is 3.57. The number of aromatic nitrogens is 2. The zero-order chi connectivity index (χ0) is 26.6. The Morgan fingerprint density at radius 2 is 1.68 bits per heavy atom. The molecule has 0 aliphatic rings. The first-order valence-electron chi connectivity index (χ1n) is 13.4. The van der Waals surface area contributed by atoms with Gasteiger partial charge in [0.25, 0.3) is 5.91 Å². The quantitative estimate of drug-likeness (QED) is 0.171. The summed E-state index contributed by atoms with van der Waals surface area (Å²) < 4.78 is 13.8. The second kappa shape index (κ2) is 14.4. The van der Waals surface area contributed by atoms with Crippen molar-refractivity contribution in [3.8, 4) is 11.5 Å². The van der Waals surface area contributed by atoms with Crippen LogP contribution in [-0.4, -0.2) is 35.2 Å². The number of nitrogens with one attached hydrogen (secondary N) is 1. The summed E-state index contributed by atoms with van der Waals surface area (Å²) in [6.45, 7) is 4.35. The first kappa shape index (κ1) is 27.5. The van der Waals surface area contributed by atoms with Crippen molar-refractivity contribution in [1.29, 1.82) is 0 Å². The highest BCUT2D eigenvalue weighted by Crippen LogP contribution is 2.20. The Morgan fingerprint density at radius 3 is 2.53 bits per heavy atom. The highest BCUT2D eigenvalue weighted by atomic mass is 35.5. The van der Waals surface area contributed by atoms with Crippen LogP contribution in [0.25, 0.3) is 11.0 Å². The summed E-state index contributed by atoms with van der Waals surface area (Å²) >= 11 is 5.87. The first-order chi connectivity index (χ1) is 18.6. The average Bonchev–Trinajstić information content (AvgIpc) is 3.28. The highest BCUT2D eigenvalue weighted by molar-refractivity contribution is 6.30. The van der Waals surface area contributed by atoms with Crippen molar-refractivity contribution in [2.24, 2.45) is 0 Å². The molecule has 1 aromatic heterocycles. The second-order valence-corrected chi connectivity index (χ2v) is 9.83. The number of aryl methyl sites for hydroxylation is 3. The Labute approximate surface area is 229 Å². The van der Waals surface area contributed by atoms with Gasteiger partial charge in [-0.15, -0.1) is 0 Å². The number of nitrogens with zero attached hydrogens (tertiary/aromatic N) is 2. The molecule has 0 bridgehead atoms. The minimum Gasteiger partial charge on any atom is -0.493 e. The lowest BCUT2D eigenvalue weighted by Crippen LogP contribution is -2.29. The maximum Gasteiger partial charge on any atom is 0.257 e. The number of carbonyl (C=O) groups excluding carboxylic acids is 1. The number of benzene rings is 3. The Bertz CT molecular complexity index is 1300. The zero-order valence-electron chi connectivity index (χ0n) is 22.0. The summed E-state index contributed by atoms with van der Waals surface area (Å²) in [6, 6.07) is 23.5. The largest absolute Gasteiger partial charge is 0.493 e. The fourth-order valence-electron chi connectivity index (χ4n) is 4.38. The van der Waals surface area contributed by atoms with Gasteiger partial charge in [-0.05, 0) is 80.6 Å². The number of rotatable bonds is 15. The number of halogens is 1. The third kappa shape index (κ3) is 8.25. The normalized spacial score (nSPS) is 11.0. The third-order valence-corrected chi connectivity index (χ3v) is 6.70. The molecule has 4 aromatic rings. The standard InChI is InChI=1S/C31H36ClN3O3/c1-24-11-4-7-14-29(24)37-22-10-9-21-35-28-13-6-5-12-27(28)34-30(35)15-3-2-8-20-33-31(36)23-38-26-18-16-25(32)17-19-26/h4-7,11-14,16-19H,2-3,8-10,15,20-23H2,1H3,(H,33,36). The van der Waals surface area contributed by atoms with Gasteiger partial charge in [0.05, 0.1) is 17.6 Å². The molecule has 0 fully saturated rings. The Balaban J connectivity index is 1.16. The maximum absolute atomic E-state index is 12.0. The van der Waals surface area contributed by atoms with Crippen molar-refractivity contribution in [3.63, 3.8) is 0 Å². The van der Waals surface area contributed by atoms with Crippen LogP contribution in [0.15, 0.2) is 72.8 Å². The van der Waals surface area contributed by atoms with Crippen molar-refractivity contribution >= 4 is 28.5 Å². The summed E-state index contributed by atoms with van der Waals surface area (Å²) in [7, 11) is 0. The van der Waals surface area contributed by atoms with Crippen molar-refractivity contribution in [2.75, 3.05) is 19.8 Å². The van der Waals surface area contributed by atoms with Crippen LogP contribution in [0.1, 0.15) is 43.5 Å². The molecule has 0 saturated heterocycles. The topological polar surface area (TPSA) is 65.4 Å². The van der Waals surface area contributed by atoms with E-state index < -0.39 is 0 Å². The van der Waals surface area contributed by atoms with Crippen molar-refractivity contribution in [1.82, 2.24) is 14.9 Å². The van der Waals surface area contributed by atoms with E-state index in [2.05, 4.69) is 41.1 Å². The van der Waals surface area contributed by atoms with Crippen LogP contribution in [0.5, 0.6) is 11.5 Å². The Morgan fingerprint density at radius 1 is 0.895 bits per heavy atom.